The van der Waals surface area contributed by atoms with Crippen molar-refractivity contribution in [3.63, 3.8) is 0 Å². The Bertz CT molecular complexity index is 982. The summed E-state index contributed by atoms with van der Waals surface area (Å²) in [5.74, 6) is -0.992. The zero-order chi connectivity index (χ0) is 25.5. The number of halogens is 2. The van der Waals surface area contributed by atoms with Gasteiger partial charge in [0.1, 0.15) is 6.10 Å². The third kappa shape index (κ3) is 6.90. The number of carbonyl (C=O) groups is 1. The Labute approximate surface area is 211 Å². The van der Waals surface area contributed by atoms with Crippen molar-refractivity contribution >= 4 is 11.9 Å². The monoisotopic (exact) mass is 502 g/mol. The first-order valence-electron chi connectivity index (χ1n) is 13.0. The number of carbonyl (C=O) groups excluding carboxylic acids is 1. The number of rotatable bonds is 9. The Morgan fingerprint density at radius 2 is 1.67 bits per heavy atom. The molecule has 0 spiro atoms. The van der Waals surface area contributed by atoms with E-state index in [2.05, 4.69) is 26.7 Å². The smallest absolute Gasteiger partial charge is 0.302 e. The molecule has 2 aliphatic heterocycles. The fourth-order valence-corrected chi connectivity index (χ4v) is 4.96. The van der Waals surface area contributed by atoms with Crippen molar-refractivity contribution in [2.45, 2.75) is 64.4 Å². The van der Waals surface area contributed by atoms with Crippen molar-refractivity contribution in [2.75, 3.05) is 44.2 Å². The van der Waals surface area contributed by atoms with Crippen LogP contribution in [-0.2, 0) is 16.0 Å². The Morgan fingerprint density at radius 1 is 1.03 bits per heavy atom. The quantitative estimate of drug-likeness (QED) is 0.370. The highest BCUT2D eigenvalue weighted by molar-refractivity contribution is 5.65. The second-order valence-corrected chi connectivity index (χ2v) is 9.67. The van der Waals surface area contributed by atoms with E-state index in [0.29, 0.717) is 44.0 Å². The van der Waals surface area contributed by atoms with E-state index in [4.69, 9.17) is 9.47 Å². The van der Waals surface area contributed by atoms with Crippen LogP contribution in [0.3, 0.4) is 0 Å². The molecule has 196 valence electrons. The summed E-state index contributed by atoms with van der Waals surface area (Å²) in [6.45, 7) is 7.81. The maximum atomic E-state index is 14.9. The Balaban J connectivity index is 1.26. The summed E-state index contributed by atoms with van der Waals surface area (Å²) in [7, 11) is 0. The molecular weight excluding hydrogens is 466 g/mol. The van der Waals surface area contributed by atoms with Crippen LogP contribution >= 0.6 is 0 Å². The number of likely N-dealkylation sites (tertiary alicyclic amines) is 1. The average Bonchev–Trinajstić information content (AvgIpc) is 2.89. The second-order valence-electron chi connectivity index (χ2n) is 9.67. The fourth-order valence-electron chi connectivity index (χ4n) is 4.96. The molecule has 2 aromatic rings. The van der Waals surface area contributed by atoms with Gasteiger partial charge in [0.15, 0.2) is 17.4 Å². The van der Waals surface area contributed by atoms with Gasteiger partial charge in [-0.2, -0.15) is 0 Å². The molecule has 0 radical (unpaired) electrons. The summed E-state index contributed by atoms with van der Waals surface area (Å²) in [6.07, 6.45) is 8.09. The minimum Gasteiger partial charge on any atom is -0.484 e. The van der Waals surface area contributed by atoms with Crippen molar-refractivity contribution in [2.24, 2.45) is 0 Å². The Hall–Kier alpha value is -2.81. The van der Waals surface area contributed by atoms with Gasteiger partial charge in [0.25, 0.3) is 0 Å². The standard InChI is InChI=1S/C27H36F2N4O3/c1-3-20-17-30-27(31-18-20)33-12-7-23(8-13-33)36-26-24(28)15-22(16-25(26)29)21-5-10-32(11-6-21)9-4-14-35-19(2)34/h15-18,21,23H,3-14H2,1-2H3. The summed E-state index contributed by atoms with van der Waals surface area (Å²) in [6, 6.07) is 2.88. The molecule has 3 heterocycles. The Kier molecular flexibility index (Phi) is 9.07. The van der Waals surface area contributed by atoms with E-state index in [1.165, 1.54) is 19.1 Å². The van der Waals surface area contributed by atoms with Gasteiger partial charge < -0.3 is 19.3 Å². The number of aryl methyl sites for hydroxylation is 1. The first kappa shape index (κ1) is 26.3. The number of hydrogen-bond donors (Lipinski definition) is 0. The molecule has 1 aromatic carbocycles. The van der Waals surface area contributed by atoms with Crippen LogP contribution in [0.2, 0.25) is 0 Å². The third-order valence-corrected chi connectivity index (χ3v) is 7.11. The molecule has 2 fully saturated rings. The summed E-state index contributed by atoms with van der Waals surface area (Å²) >= 11 is 0. The molecule has 36 heavy (non-hydrogen) atoms. The number of nitrogens with zero attached hydrogens (tertiary/aromatic N) is 4. The first-order valence-corrected chi connectivity index (χ1v) is 13.0. The van der Waals surface area contributed by atoms with Crippen LogP contribution in [0.5, 0.6) is 5.75 Å². The minimum absolute atomic E-state index is 0.120. The number of benzene rings is 1. The lowest BCUT2D eigenvalue weighted by Crippen LogP contribution is -2.39. The average molecular weight is 503 g/mol. The van der Waals surface area contributed by atoms with E-state index < -0.39 is 11.6 Å². The molecule has 2 saturated heterocycles. The van der Waals surface area contributed by atoms with Crippen LogP contribution in [0.4, 0.5) is 14.7 Å². The van der Waals surface area contributed by atoms with Crippen LogP contribution in [0.1, 0.15) is 63.0 Å². The van der Waals surface area contributed by atoms with E-state index in [-0.39, 0.29) is 23.7 Å². The molecule has 1 aromatic heterocycles. The highest BCUT2D eigenvalue weighted by atomic mass is 19.1. The molecule has 0 saturated carbocycles. The maximum absolute atomic E-state index is 14.9. The molecule has 9 heteroatoms. The van der Waals surface area contributed by atoms with Gasteiger partial charge in [0, 0.05) is 51.8 Å². The van der Waals surface area contributed by atoms with Gasteiger partial charge in [-0.1, -0.05) is 6.92 Å². The van der Waals surface area contributed by atoms with Crippen LogP contribution in [0.15, 0.2) is 24.5 Å². The largest absolute Gasteiger partial charge is 0.484 e. The van der Waals surface area contributed by atoms with Crippen molar-refractivity contribution < 1.29 is 23.0 Å². The van der Waals surface area contributed by atoms with Crippen molar-refractivity contribution in [3.05, 3.63) is 47.3 Å². The van der Waals surface area contributed by atoms with Gasteiger partial charge in [0.05, 0.1) is 6.61 Å². The third-order valence-electron chi connectivity index (χ3n) is 7.11. The SMILES string of the molecule is CCc1cnc(N2CCC(Oc3c(F)cc(C4CCN(CCCOC(C)=O)CC4)cc3F)CC2)nc1. The van der Waals surface area contributed by atoms with Crippen LogP contribution in [-0.4, -0.2) is 66.3 Å². The molecule has 0 amide bonds. The number of esters is 1. The van der Waals surface area contributed by atoms with Gasteiger partial charge >= 0.3 is 5.97 Å². The molecule has 0 atom stereocenters. The van der Waals surface area contributed by atoms with E-state index in [0.717, 1.165) is 50.9 Å². The summed E-state index contributed by atoms with van der Waals surface area (Å²) in [5.41, 5.74) is 1.78. The molecule has 0 bridgehead atoms. The number of aromatic nitrogens is 2. The van der Waals surface area contributed by atoms with Crippen LogP contribution in [0.25, 0.3) is 0 Å². The van der Waals surface area contributed by atoms with Crippen molar-refractivity contribution in [3.8, 4) is 5.75 Å². The van der Waals surface area contributed by atoms with E-state index >= 15 is 0 Å². The fraction of sp³-hybridized carbons (Fsp3) is 0.593. The zero-order valence-electron chi connectivity index (χ0n) is 21.2. The number of hydrogen-bond acceptors (Lipinski definition) is 7. The van der Waals surface area contributed by atoms with E-state index in [1.807, 2.05) is 12.4 Å². The number of anilines is 1. The van der Waals surface area contributed by atoms with Gasteiger partial charge in [-0.05, 0) is 68.0 Å². The van der Waals surface area contributed by atoms with E-state index in [9.17, 15) is 13.6 Å². The zero-order valence-corrected chi connectivity index (χ0v) is 21.2. The highest BCUT2D eigenvalue weighted by Crippen LogP contribution is 2.34. The summed E-state index contributed by atoms with van der Waals surface area (Å²) < 4.78 is 40.7. The van der Waals surface area contributed by atoms with E-state index in [1.54, 1.807) is 0 Å². The Morgan fingerprint density at radius 3 is 2.25 bits per heavy atom. The molecule has 4 rings (SSSR count). The molecular formula is C27H36F2N4O3. The van der Waals surface area contributed by atoms with Gasteiger partial charge in [0.2, 0.25) is 5.95 Å². The highest BCUT2D eigenvalue weighted by Gasteiger charge is 2.27. The summed E-state index contributed by atoms with van der Waals surface area (Å²) in [5, 5.41) is 0. The normalized spacial score (nSPS) is 17.8. The molecule has 0 aliphatic carbocycles. The van der Waals surface area contributed by atoms with Crippen LogP contribution < -0.4 is 9.64 Å². The second kappa shape index (κ2) is 12.4. The lowest BCUT2D eigenvalue weighted by Gasteiger charge is -2.33. The number of piperidine rings is 2. The van der Waals surface area contributed by atoms with Gasteiger partial charge in [-0.25, -0.2) is 18.7 Å². The van der Waals surface area contributed by atoms with Gasteiger partial charge in [-0.3, -0.25) is 4.79 Å². The minimum atomic E-state index is -0.630. The molecule has 2 aliphatic rings. The summed E-state index contributed by atoms with van der Waals surface area (Å²) in [4.78, 5) is 24.1. The lowest BCUT2D eigenvalue weighted by atomic mass is 9.89. The predicted molar refractivity (Wildman–Crippen MR) is 133 cm³/mol. The van der Waals surface area contributed by atoms with Gasteiger partial charge in [-0.15, -0.1) is 0 Å². The molecule has 7 nitrogen and oxygen atoms in total. The lowest BCUT2D eigenvalue weighted by molar-refractivity contribution is -0.141. The first-order chi connectivity index (χ1) is 17.4. The maximum Gasteiger partial charge on any atom is 0.302 e. The van der Waals surface area contributed by atoms with Crippen molar-refractivity contribution in [1.29, 1.82) is 0 Å². The molecule has 0 N–H and O–H groups in total. The number of ether oxygens (including phenoxy) is 2. The molecule has 0 unspecified atom stereocenters. The predicted octanol–water partition coefficient (Wildman–Crippen LogP) is 4.50. The van der Waals surface area contributed by atoms with Crippen molar-refractivity contribution in [1.82, 2.24) is 14.9 Å². The topological polar surface area (TPSA) is 67.8 Å². The van der Waals surface area contributed by atoms with Crippen LogP contribution in [0, 0.1) is 11.6 Å².